The summed E-state index contributed by atoms with van der Waals surface area (Å²) in [6, 6.07) is 2.84. The molecule has 0 atom stereocenters. The first-order chi connectivity index (χ1) is 9.27. The molecule has 1 aromatic carbocycles. The van der Waals surface area contributed by atoms with Crippen LogP contribution in [0.5, 0.6) is 5.75 Å². The molecular formula is C9H10N2O8S. The van der Waals surface area contributed by atoms with Crippen molar-refractivity contribution in [2.24, 2.45) is 0 Å². The summed E-state index contributed by atoms with van der Waals surface area (Å²) in [4.78, 5) is 25.5. The molecule has 0 aliphatic rings. The molecule has 0 spiro atoms. The predicted octanol–water partition coefficient (Wildman–Crippen LogP) is -0.102. The maximum atomic E-state index is 11.8. The first-order valence-corrected chi connectivity index (χ1v) is 6.44. The number of nitro benzene ring substituents is 1. The zero-order valence-corrected chi connectivity index (χ0v) is 10.9. The Balaban J connectivity index is 3.05. The second-order valence-electron chi connectivity index (χ2n) is 3.36. The number of ether oxygens (including phenoxy) is 1. The Bertz CT molecular complexity index is 627. The molecule has 0 saturated carbocycles. The topological polar surface area (TPSA) is 145 Å². The number of non-ortho nitro benzene ring substituents is 1. The van der Waals surface area contributed by atoms with Crippen LogP contribution >= 0.6 is 0 Å². The van der Waals surface area contributed by atoms with Gasteiger partial charge in [0.15, 0.2) is 6.61 Å². The van der Waals surface area contributed by atoms with E-state index in [-0.39, 0.29) is 11.4 Å². The third-order valence-corrected chi connectivity index (χ3v) is 3.27. The number of benzene rings is 1. The summed E-state index contributed by atoms with van der Waals surface area (Å²) < 4.78 is 28.3. The molecule has 11 heteroatoms. The molecule has 0 radical (unpaired) electrons. The molecule has 0 fully saturated rings. The molecule has 110 valence electrons. The fourth-order valence-corrected chi connectivity index (χ4v) is 2.16. The molecule has 0 aromatic heterocycles. The fourth-order valence-electron chi connectivity index (χ4n) is 1.21. The lowest BCUT2D eigenvalue weighted by atomic mass is 10.3. The molecular weight excluding hydrogens is 296 g/mol. The van der Waals surface area contributed by atoms with E-state index < -0.39 is 32.4 Å². The molecule has 0 aliphatic heterocycles. The number of sulfonamides is 1. The number of nitrogens with one attached hydrogen (secondary N) is 1. The minimum atomic E-state index is -4.22. The van der Waals surface area contributed by atoms with Crippen molar-refractivity contribution in [3.05, 3.63) is 28.3 Å². The molecule has 1 rings (SSSR count). The number of methoxy groups -OCH3 is 1. The first-order valence-electron chi connectivity index (χ1n) is 4.95. The SMILES string of the molecule is COc1cc([N+](=O)[O-])ccc1S(=O)(=O)NOCC(=O)O. The Hall–Kier alpha value is -2.24. The van der Waals surface area contributed by atoms with Crippen LogP contribution in [0.2, 0.25) is 0 Å². The van der Waals surface area contributed by atoms with Gasteiger partial charge in [0.25, 0.3) is 15.7 Å². The Kier molecular flexibility index (Phi) is 4.96. The monoisotopic (exact) mass is 306 g/mol. The van der Waals surface area contributed by atoms with Gasteiger partial charge in [-0.15, -0.1) is 0 Å². The zero-order chi connectivity index (χ0) is 15.3. The second kappa shape index (κ2) is 6.27. The van der Waals surface area contributed by atoms with Crippen LogP contribution in [-0.4, -0.2) is 38.1 Å². The Morgan fingerprint density at radius 1 is 1.50 bits per heavy atom. The highest BCUT2D eigenvalue weighted by atomic mass is 32.2. The van der Waals surface area contributed by atoms with E-state index in [0.717, 1.165) is 25.3 Å². The summed E-state index contributed by atoms with van der Waals surface area (Å²) in [5.41, 5.74) is -0.354. The van der Waals surface area contributed by atoms with E-state index in [4.69, 9.17) is 9.84 Å². The summed E-state index contributed by atoms with van der Waals surface area (Å²) in [5.74, 6) is -1.64. The average molecular weight is 306 g/mol. The lowest BCUT2D eigenvalue weighted by molar-refractivity contribution is -0.385. The average Bonchev–Trinajstić information content (AvgIpc) is 2.37. The predicted molar refractivity (Wildman–Crippen MR) is 63.6 cm³/mol. The van der Waals surface area contributed by atoms with E-state index in [1.165, 1.54) is 0 Å². The van der Waals surface area contributed by atoms with Gasteiger partial charge in [0.05, 0.1) is 18.1 Å². The molecule has 1 aromatic rings. The largest absolute Gasteiger partial charge is 0.495 e. The lowest BCUT2D eigenvalue weighted by Crippen LogP contribution is -2.27. The number of carboxylic acid groups (broad SMARTS) is 1. The third kappa shape index (κ3) is 3.88. The molecule has 0 aliphatic carbocycles. The standard InChI is InChI=1S/C9H10N2O8S/c1-18-7-4-6(11(14)15)2-3-8(7)20(16,17)10-19-5-9(12)13/h2-4,10H,5H2,1H3,(H,12,13). The summed E-state index contributed by atoms with van der Waals surface area (Å²) in [6.45, 7) is -0.880. The lowest BCUT2D eigenvalue weighted by Gasteiger charge is -2.09. The summed E-state index contributed by atoms with van der Waals surface area (Å²) in [6.07, 6.45) is 0. The van der Waals surface area contributed by atoms with Crippen LogP contribution in [0.3, 0.4) is 0 Å². The van der Waals surface area contributed by atoms with Crippen molar-refractivity contribution in [2.75, 3.05) is 13.7 Å². The fraction of sp³-hybridized carbons (Fsp3) is 0.222. The molecule has 0 amide bonds. The van der Waals surface area contributed by atoms with Crippen molar-refractivity contribution < 1.29 is 32.8 Å². The van der Waals surface area contributed by atoms with Gasteiger partial charge in [0.1, 0.15) is 10.6 Å². The number of aliphatic carboxylic acids is 1. The highest BCUT2D eigenvalue weighted by molar-refractivity contribution is 7.89. The van der Waals surface area contributed by atoms with Gasteiger partial charge < -0.3 is 9.84 Å². The summed E-state index contributed by atoms with van der Waals surface area (Å²) >= 11 is 0. The van der Waals surface area contributed by atoms with Gasteiger partial charge in [-0.2, -0.15) is 0 Å². The second-order valence-corrected chi connectivity index (χ2v) is 4.97. The van der Waals surface area contributed by atoms with Gasteiger partial charge in [0, 0.05) is 6.07 Å². The van der Waals surface area contributed by atoms with Gasteiger partial charge in [0.2, 0.25) is 0 Å². The van der Waals surface area contributed by atoms with Crippen molar-refractivity contribution in [2.45, 2.75) is 4.90 Å². The number of carboxylic acids is 1. The van der Waals surface area contributed by atoms with Crippen LogP contribution in [0.15, 0.2) is 23.1 Å². The number of nitro groups is 1. The van der Waals surface area contributed by atoms with Crippen LogP contribution in [0.1, 0.15) is 0 Å². The van der Waals surface area contributed by atoms with Gasteiger partial charge >= 0.3 is 5.97 Å². The minimum absolute atomic E-state index is 0.273. The van der Waals surface area contributed by atoms with Crippen molar-refractivity contribution >= 4 is 21.7 Å². The van der Waals surface area contributed by atoms with E-state index in [9.17, 15) is 23.3 Å². The molecule has 0 bridgehead atoms. The van der Waals surface area contributed by atoms with Gasteiger partial charge in [-0.3, -0.25) is 15.0 Å². The zero-order valence-electron chi connectivity index (χ0n) is 10.1. The normalized spacial score (nSPS) is 11.1. The minimum Gasteiger partial charge on any atom is -0.495 e. The quantitative estimate of drug-likeness (QED) is 0.524. The highest BCUT2D eigenvalue weighted by Crippen LogP contribution is 2.28. The van der Waals surface area contributed by atoms with E-state index >= 15 is 0 Å². The summed E-state index contributed by atoms with van der Waals surface area (Å²) in [7, 11) is -3.09. The van der Waals surface area contributed by atoms with Crippen LogP contribution in [0, 0.1) is 10.1 Å². The maximum Gasteiger partial charge on any atom is 0.331 e. The van der Waals surface area contributed by atoms with Gasteiger partial charge in [-0.05, 0) is 6.07 Å². The third-order valence-electron chi connectivity index (χ3n) is 2.01. The van der Waals surface area contributed by atoms with Crippen molar-refractivity contribution in [3.8, 4) is 5.75 Å². The molecule has 0 unspecified atom stereocenters. The van der Waals surface area contributed by atoms with Crippen molar-refractivity contribution in [1.29, 1.82) is 0 Å². The molecule has 10 nitrogen and oxygen atoms in total. The van der Waals surface area contributed by atoms with Crippen LogP contribution < -0.4 is 9.62 Å². The van der Waals surface area contributed by atoms with Crippen molar-refractivity contribution in [1.82, 2.24) is 4.89 Å². The Morgan fingerprint density at radius 2 is 2.15 bits per heavy atom. The Labute approximate surface area is 113 Å². The van der Waals surface area contributed by atoms with E-state index in [2.05, 4.69) is 4.84 Å². The van der Waals surface area contributed by atoms with E-state index in [1.54, 1.807) is 4.89 Å². The molecule has 2 N–H and O–H groups in total. The number of hydrogen-bond acceptors (Lipinski definition) is 7. The van der Waals surface area contributed by atoms with Crippen LogP contribution in [-0.2, 0) is 19.7 Å². The first kappa shape index (κ1) is 15.8. The Morgan fingerprint density at radius 3 is 2.65 bits per heavy atom. The van der Waals surface area contributed by atoms with Gasteiger partial charge in [-0.1, -0.05) is 4.89 Å². The number of carbonyl (C=O) groups is 1. The molecule has 20 heavy (non-hydrogen) atoms. The van der Waals surface area contributed by atoms with Gasteiger partial charge in [-0.25, -0.2) is 13.2 Å². The number of hydrogen-bond donors (Lipinski definition) is 2. The smallest absolute Gasteiger partial charge is 0.331 e. The molecule has 0 heterocycles. The van der Waals surface area contributed by atoms with Crippen LogP contribution in [0.25, 0.3) is 0 Å². The van der Waals surface area contributed by atoms with E-state index in [0.29, 0.717) is 0 Å². The van der Waals surface area contributed by atoms with Crippen LogP contribution in [0.4, 0.5) is 5.69 Å². The van der Waals surface area contributed by atoms with E-state index in [1.807, 2.05) is 0 Å². The highest BCUT2D eigenvalue weighted by Gasteiger charge is 2.22. The maximum absolute atomic E-state index is 11.8. The van der Waals surface area contributed by atoms with Crippen molar-refractivity contribution in [3.63, 3.8) is 0 Å². The molecule has 0 saturated heterocycles. The summed E-state index contributed by atoms with van der Waals surface area (Å²) in [5, 5.41) is 18.9. The number of rotatable bonds is 7. The number of nitrogens with zero attached hydrogens (tertiary/aromatic N) is 1.